The van der Waals surface area contributed by atoms with Crippen molar-refractivity contribution >= 4 is 11.4 Å². The Kier molecular flexibility index (Phi) is 4.05. The van der Waals surface area contributed by atoms with Crippen molar-refractivity contribution in [1.29, 1.82) is 0 Å². The van der Waals surface area contributed by atoms with Crippen molar-refractivity contribution in [2.45, 2.75) is 19.3 Å². The summed E-state index contributed by atoms with van der Waals surface area (Å²) in [6.07, 6.45) is 4.55. The zero-order valence-electron chi connectivity index (χ0n) is 15.5. The number of nitrogens with zero attached hydrogens (tertiary/aromatic N) is 5. The van der Waals surface area contributed by atoms with Crippen molar-refractivity contribution in [3.05, 3.63) is 102 Å². The first-order valence-electron chi connectivity index (χ1n) is 9.35. The molecule has 2 aromatic carbocycles. The molecule has 2 aromatic heterocycles. The average molecular weight is 365 g/mol. The molecule has 0 saturated carbocycles. The van der Waals surface area contributed by atoms with Gasteiger partial charge in [0.1, 0.15) is 0 Å². The van der Waals surface area contributed by atoms with Gasteiger partial charge in [-0.25, -0.2) is 4.68 Å². The molecule has 5 heteroatoms. The topological polar surface area (TPSA) is 56.0 Å². The molecule has 3 heterocycles. The minimum absolute atomic E-state index is 0.120. The molecule has 0 amide bonds. The van der Waals surface area contributed by atoms with E-state index >= 15 is 0 Å². The van der Waals surface area contributed by atoms with E-state index < -0.39 is 0 Å². The molecule has 0 spiro atoms. The van der Waals surface area contributed by atoms with Crippen LogP contribution < -0.4 is 0 Å². The van der Waals surface area contributed by atoms with E-state index in [1.54, 1.807) is 0 Å². The number of hydrogen-bond acceptors (Lipinski definition) is 4. The van der Waals surface area contributed by atoms with Crippen molar-refractivity contribution in [2.24, 2.45) is 4.99 Å². The summed E-state index contributed by atoms with van der Waals surface area (Å²) in [5, 5.41) is 8.74. The third-order valence-corrected chi connectivity index (χ3v) is 5.06. The van der Waals surface area contributed by atoms with Crippen LogP contribution in [0.2, 0.25) is 0 Å². The van der Waals surface area contributed by atoms with Gasteiger partial charge in [-0.2, -0.15) is 0 Å². The number of rotatable bonds is 4. The Morgan fingerprint density at radius 2 is 1.75 bits per heavy atom. The maximum absolute atomic E-state index is 4.87. The molecule has 1 unspecified atom stereocenters. The number of aliphatic imine (C=N–C) groups is 1. The van der Waals surface area contributed by atoms with E-state index in [9.17, 15) is 0 Å². The summed E-state index contributed by atoms with van der Waals surface area (Å²) in [6.45, 7) is 2.08. The molecular formula is C23H19N5. The van der Waals surface area contributed by atoms with Crippen molar-refractivity contribution < 1.29 is 0 Å². The van der Waals surface area contributed by atoms with Gasteiger partial charge in [0.2, 0.25) is 0 Å². The van der Waals surface area contributed by atoms with Gasteiger partial charge in [-0.3, -0.25) is 9.98 Å². The Morgan fingerprint density at radius 1 is 0.929 bits per heavy atom. The third-order valence-electron chi connectivity index (χ3n) is 5.06. The van der Waals surface area contributed by atoms with Gasteiger partial charge in [-0.05, 0) is 42.8 Å². The normalized spacial score (nSPS) is 15.3. The maximum atomic E-state index is 4.87. The smallest absolute Gasteiger partial charge is 0.0851 e. The van der Waals surface area contributed by atoms with Gasteiger partial charge in [0.15, 0.2) is 0 Å². The van der Waals surface area contributed by atoms with Crippen molar-refractivity contribution in [2.75, 3.05) is 0 Å². The second-order valence-corrected chi connectivity index (χ2v) is 7.02. The fourth-order valence-corrected chi connectivity index (χ4v) is 3.62. The highest BCUT2D eigenvalue weighted by molar-refractivity contribution is 6.08. The van der Waals surface area contributed by atoms with Crippen molar-refractivity contribution in [3.8, 4) is 5.69 Å². The van der Waals surface area contributed by atoms with Crippen LogP contribution in [0.4, 0.5) is 5.69 Å². The Bertz CT molecular complexity index is 1140. The van der Waals surface area contributed by atoms with Crippen molar-refractivity contribution in [3.63, 3.8) is 0 Å². The molecule has 1 aliphatic heterocycles. The first-order valence-corrected chi connectivity index (χ1v) is 9.35. The Morgan fingerprint density at radius 3 is 2.57 bits per heavy atom. The third kappa shape index (κ3) is 3.01. The van der Waals surface area contributed by atoms with Gasteiger partial charge in [-0.15, -0.1) is 5.10 Å². The van der Waals surface area contributed by atoms with Crippen LogP contribution in [0.25, 0.3) is 5.69 Å². The van der Waals surface area contributed by atoms with E-state index in [0.717, 1.165) is 34.9 Å². The summed E-state index contributed by atoms with van der Waals surface area (Å²) >= 11 is 0. The number of fused-ring (bicyclic) bond motifs is 1. The number of benzene rings is 2. The number of hydrogen-bond donors (Lipinski definition) is 0. The standard InChI is InChI=1S/C23H19N5/c1-16-9-11-18(12-10-16)28-15-17(26-27-28)14-20-19-6-2-3-7-21(19)25-23(20)22-8-4-5-13-24-22/h2-13,15,20H,14H2,1H3. The SMILES string of the molecule is Cc1ccc(-n2cc(CC3C(c4ccccn4)=Nc4ccccc43)nn2)cc1. The summed E-state index contributed by atoms with van der Waals surface area (Å²) in [6, 6.07) is 22.5. The van der Waals surface area contributed by atoms with E-state index in [-0.39, 0.29) is 5.92 Å². The number of para-hydroxylation sites is 1. The summed E-state index contributed by atoms with van der Waals surface area (Å²) < 4.78 is 1.83. The predicted molar refractivity (Wildman–Crippen MR) is 109 cm³/mol. The Hall–Kier alpha value is -3.60. The highest BCUT2D eigenvalue weighted by Crippen LogP contribution is 2.38. The lowest BCUT2D eigenvalue weighted by molar-refractivity contribution is 0.788. The molecule has 28 heavy (non-hydrogen) atoms. The van der Waals surface area contributed by atoms with Crippen LogP contribution in [-0.2, 0) is 6.42 Å². The lowest BCUT2D eigenvalue weighted by Gasteiger charge is -2.12. The largest absolute Gasteiger partial charge is 0.255 e. The number of pyridine rings is 1. The molecule has 5 nitrogen and oxygen atoms in total. The molecule has 0 fully saturated rings. The molecule has 0 N–H and O–H groups in total. The molecule has 1 aliphatic rings. The molecule has 0 aliphatic carbocycles. The van der Waals surface area contributed by atoms with Crippen LogP contribution in [0, 0.1) is 6.92 Å². The van der Waals surface area contributed by atoms with E-state index in [2.05, 4.69) is 64.7 Å². The van der Waals surface area contributed by atoms with E-state index in [0.29, 0.717) is 0 Å². The summed E-state index contributed by atoms with van der Waals surface area (Å²) in [5.41, 5.74) is 7.30. The van der Waals surface area contributed by atoms with Crippen molar-refractivity contribution in [1.82, 2.24) is 20.0 Å². The maximum Gasteiger partial charge on any atom is 0.0851 e. The lowest BCUT2D eigenvalue weighted by atomic mass is 9.90. The summed E-state index contributed by atoms with van der Waals surface area (Å²) in [4.78, 5) is 9.40. The van der Waals surface area contributed by atoms with E-state index in [4.69, 9.17) is 4.99 Å². The highest BCUT2D eigenvalue weighted by Gasteiger charge is 2.29. The first kappa shape index (κ1) is 16.6. The first-order chi connectivity index (χ1) is 13.8. The van der Waals surface area contributed by atoms with Crippen LogP contribution in [0.5, 0.6) is 0 Å². The van der Waals surface area contributed by atoms with E-state index in [1.807, 2.05) is 41.3 Å². The fraction of sp³-hybridized carbons (Fsp3) is 0.130. The Labute approximate surface area is 163 Å². The molecule has 4 aromatic rings. The fourth-order valence-electron chi connectivity index (χ4n) is 3.62. The molecular weight excluding hydrogens is 346 g/mol. The van der Waals surface area contributed by atoms with Crippen LogP contribution in [0.3, 0.4) is 0 Å². The highest BCUT2D eigenvalue weighted by atomic mass is 15.4. The Balaban J connectivity index is 1.48. The van der Waals surface area contributed by atoms with Crippen LogP contribution in [0.1, 0.15) is 28.4 Å². The molecule has 0 saturated heterocycles. The molecule has 0 bridgehead atoms. The summed E-state index contributed by atoms with van der Waals surface area (Å²) in [7, 11) is 0. The van der Waals surface area contributed by atoms with Gasteiger partial charge >= 0.3 is 0 Å². The zero-order valence-corrected chi connectivity index (χ0v) is 15.5. The van der Waals surface area contributed by atoms with Gasteiger partial charge in [0.05, 0.1) is 34.7 Å². The molecule has 1 atom stereocenters. The van der Waals surface area contributed by atoms with Crippen LogP contribution >= 0.6 is 0 Å². The van der Waals surface area contributed by atoms with Gasteiger partial charge in [0.25, 0.3) is 0 Å². The zero-order chi connectivity index (χ0) is 18.9. The van der Waals surface area contributed by atoms with Crippen LogP contribution in [0.15, 0.2) is 84.1 Å². The predicted octanol–water partition coefficient (Wildman–Crippen LogP) is 4.43. The van der Waals surface area contributed by atoms with E-state index in [1.165, 1.54) is 11.1 Å². The van der Waals surface area contributed by atoms with Gasteiger partial charge in [-0.1, -0.05) is 47.2 Å². The second-order valence-electron chi connectivity index (χ2n) is 7.02. The van der Waals surface area contributed by atoms with Crippen LogP contribution in [-0.4, -0.2) is 25.7 Å². The number of aromatic nitrogens is 4. The lowest BCUT2D eigenvalue weighted by Crippen LogP contribution is -2.14. The quantitative estimate of drug-likeness (QED) is 0.537. The molecule has 5 rings (SSSR count). The summed E-state index contributed by atoms with van der Waals surface area (Å²) in [5.74, 6) is 0.120. The molecule has 136 valence electrons. The van der Waals surface area contributed by atoms with Gasteiger partial charge in [0, 0.05) is 18.5 Å². The minimum atomic E-state index is 0.120. The number of aryl methyl sites for hydroxylation is 1. The average Bonchev–Trinajstić information content (AvgIpc) is 3.35. The van der Waals surface area contributed by atoms with Gasteiger partial charge < -0.3 is 0 Å². The molecule has 0 radical (unpaired) electrons. The monoisotopic (exact) mass is 365 g/mol. The second kappa shape index (κ2) is 6.85. The minimum Gasteiger partial charge on any atom is -0.255 e.